The molecule has 0 radical (unpaired) electrons. The largest absolute Gasteiger partial charge is 0.346 e. The molecule has 58 valence electrons. The number of H-pyrrole nitrogens is 1. The number of hydrogen-bond acceptors (Lipinski definition) is 3. The Bertz CT molecular complexity index is 485. The van der Waals surface area contributed by atoms with Gasteiger partial charge in [0.1, 0.15) is 12.0 Å². The standard InChI is InChI=1S/C7H5N5/c1-2-8-7-5(1)6-3-10-11-12(6)4-9-7/h1-4,8H. The molecule has 0 aromatic carbocycles. The van der Waals surface area contributed by atoms with Crippen LogP contribution in [0.4, 0.5) is 0 Å². The van der Waals surface area contributed by atoms with E-state index < -0.39 is 0 Å². The van der Waals surface area contributed by atoms with Crippen molar-refractivity contribution in [3.8, 4) is 0 Å². The molecule has 0 amide bonds. The third-order valence-corrected chi connectivity index (χ3v) is 1.87. The summed E-state index contributed by atoms with van der Waals surface area (Å²) in [6.07, 6.45) is 5.21. The van der Waals surface area contributed by atoms with Crippen molar-refractivity contribution < 1.29 is 0 Å². The molecule has 0 unspecified atom stereocenters. The van der Waals surface area contributed by atoms with E-state index in [9.17, 15) is 0 Å². The average molecular weight is 159 g/mol. The number of nitrogens with one attached hydrogen (secondary N) is 1. The summed E-state index contributed by atoms with van der Waals surface area (Å²) in [5, 5.41) is 8.67. The lowest BCUT2D eigenvalue weighted by molar-refractivity contribution is 0.840. The van der Waals surface area contributed by atoms with Crippen molar-refractivity contribution in [3.05, 3.63) is 24.8 Å². The van der Waals surface area contributed by atoms with E-state index in [2.05, 4.69) is 20.3 Å². The van der Waals surface area contributed by atoms with Gasteiger partial charge in [0, 0.05) is 11.6 Å². The molecule has 0 aliphatic rings. The normalized spacial score (nSPS) is 11.3. The van der Waals surface area contributed by atoms with Crippen molar-refractivity contribution in [3.63, 3.8) is 0 Å². The zero-order valence-corrected chi connectivity index (χ0v) is 6.10. The van der Waals surface area contributed by atoms with Gasteiger partial charge in [-0.15, -0.1) is 5.10 Å². The Balaban J connectivity index is 2.71. The quantitative estimate of drug-likeness (QED) is 0.522. The molecule has 0 fully saturated rings. The van der Waals surface area contributed by atoms with Gasteiger partial charge < -0.3 is 4.98 Å². The van der Waals surface area contributed by atoms with Gasteiger partial charge in [0.25, 0.3) is 0 Å². The van der Waals surface area contributed by atoms with Crippen LogP contribution in [-0.4, -0.2) is 24.8 Å². The minimum absolute atomic E-state index is 0.866. The number of nitrogens with zero attached hydrogens (tertiary/aromatic N) is 4. The summed E-state index contributed by atoms with van der Waals surface area (Å²) in [7, 11) is 0. The van der Waals surface area contributed by atoms with Gasteiger partial charge in [-0.05, 0) is 6.07 Å². The molecule has 0 saturated carbocycles. The van der Waals surface area contributed by atoms with E-state index in [1.54, 1.807) is 17.0 Å². The monoisotopic (exact) mass is 159 g/mol. The Morgan fingerprint density at radius 1 is 1.42 bits per heavy atom. The molecule has 5 nitrogen and oxygen atoms in total. The van der Waals surface area contributed by atoms with Gasteiger partial charge in [0.15, 0.2) is 0 Å². The molecule has 0 aliphatic carbocycles. The van der Waals surface area contributed by atoms with E-state index in [0.717, 1.165) is 16.6 Å². The summed E-state index contributed by atoms with van der Waals surface area (Å²) in [5.74, 6) is 0. The Hall–Kier alpha value is -1.91. The molecule has 3 heterocycles. The van der Waals surface area contributed by atoms with Crippen molar-refractivity contribution in [1.29, 1.82) is 0 Å². The lowest BCUT2D eigenvalue weighted by atomic mass is 10.3. The zero-order chi connectivity index (χ0) is 7.97. The number of aromatic nitrogens is 5. The first-order valence-corrected chi connectivity index (χ1v) is 3.57. The predicted molar refractivity (Wildman–Crippen MR) is 42.6 cm³/mol. The first-order valence-electron chi connectivity index (χ1n) is 3.57. The van der Waals surface area contributed by atoms with Crippen LogP contribution in [0.5, 0.6) is 0 Å². The fourth-order valence-electron chi connectivity index (χ4n) is 1.31. The molecule has 0 atom stereocenters. The summed E-state index contributed by atoms with van der Waals surface area (Å²) in [5.41, 5.74) is 1.84. The van der Waals surface area contributed by atoms with Gasteiger partial charge in [-0.2, -0.15) is 0 Å². The maximum atomic E-state index is 4.15. The van der Waals surface area contributed by atoms with E-state index in [-0.39, 0.29) is 0 Å². The van der Waals surface area contributed by atoms with Crippen LogP contribution in [0.15, 0.2) is 24.8 Å². The van der Waals surface area contributed by atoms with E-state index in [0.29, 0.717) is 0 Å². The molecule has 5 heteroatoms. The number of fused-ring (bicyclic) bond motifs is 3. The molecule has 3 aromatic rings. The van der Waals surface area contributed by atoms with E-state index in [4.69, 9.17) is 0 Å². The number of rotatable bonds is 0. The van der Waals surface area contributed by atoms with Crippen LogP contribution in [0.25, 0.3) is 16.6 Å². The first-order chi connectivity index (χ1) is 5.95. The van der Waals surface area contributed by atoms with Crippen LogP contribution < -0.4 is 0 Å². The second kappa shape index (κ2) is 1.82. The molecular weight excluding hydrogens is 154 g/mol. The Kier molecular flexibility index (Phi) is 0.864. The third-order valence-electron chi connectivity index (χ3n) is 1.87. The van der Waals surface area contributed by atoms with Gasteiger partial charge in [0.2, 0.25) is 0 Å². The SMILES string of the molecule is c1cc2c(ncn3nncc23)[nH]1. The van der Waals surface area contributed by atoms with Crippen molar-refractivity contribution in [2.45, 2.75) is 0 Å². The molecule has 0 saturated heterocycles. The molecule has 0 aliphatic heterocycles. The minimum Gasteiger partial charge on any atom is -0.346 e. The molecule has 1 N–H and O–H groups in total. The highest BCUT2D eigenvalue weighted by Crippen LogP contribution is 2.13. The van der Waals surface area contributed by atoms with E-state index >= 15 is 0 Å². The number of hydrogen-bond donors (Lipinski definition) is 1. The van der Waals surface area contributed by atoms with Crippen LogP contribution in [0.2, 0.25) is 0 Å². The molecule has 0 spiro atoms. The van der Waals surface area contributed by atoms with Crippen LogP contribution >= 0.6 is 0 Å². The van der Waals surface area contributed by atoms with Gasteiger partial charge >= 0.3 is 0 Å². The Labute approximate surface area is 67.0 Å². The second-order valence-electron chi connectivity index (χ2n) is 2.55. The fraction of sp³-hybridized carbons (Fsp3) is 0. The molecule has 3 rings (SSSR count). The summed E-state index contributed by atoms with van der Waals surface area (Å²) in [6, 6.07) is 1.96. The van der Waals surface area contributed by atoms with Crippen molar-refractivity contribution in [1.82, 2.24) is 24.8 Å². The topological polar surface area (TPSA) is 58.9 Å². The molecule has 12 heavy (non-hydrogen) atoms. The van der Waals surface area contributed by atoms with Crippen molar-refractivity contribution >= 4 is 16.6 Å². The summed E-state index contributed by atoms with van der Waals surface area (Å²) in [4.78, 5) is 7.17. The highest BCUT2D eigenvalue weighted by molar-refractivity contribution is 5.90. The lowest BCUT2D eigenvalue weighted by Crippen LogP contribution is -1.89. The molecular formula is C7H5N5. The highest BCUT2D eigenvalue weighted by Gasteiger charge is 2.01. The number of aromatic amines is 1. The van der Waals surface area contributed by atoms with Crippen LogP contribution in [0.3, 0.4) is 0 Å². The Morgan fingerprint density at radius 2 is 2.42 bits per heavy atom. The van der Waals surface area contributed by atoms with Gasteiger partial charge in [-0.3, -0.25) is 0 Å². The maximum Gasteiger partial charge on any atom is 0.141 e. The fourth-order valence-corrected chi connectivity index (χ4v) is 1.31. The smallest absolute Gasteiger partial charge is 0.141 e. The van der Waals surface area contributed by atoms with Crippen LogP contribution in [-0.2, 0) is 0 Å². The van der Waals surface area contributed by atoms with Crippen molar-refractivity contribution in [2.24, 2.45) is 0 Å². The average Bonchev–Trinajstić information content (AvgIpc) is 2.71. The summed E-state index contributed by atoms with van der Waals surface area (Å²) in [6.45, 7) is 0. The summed E-state index contributed by atoms with van der Waals surface area (Å²) < 4.78 is 1.65. The third kappa shape index (κ3) is 0.554. The van der Waals surface area contributed by atoms with Crippen LogP contribution in [0.1, 0.15) is 0 Å². The van der Waals surface area contributed by atoms with Gasteiger partial charge in [-0.1, -0.05) is 5.21 Å². The minimum atomic E-state index is 0.866. The lowest BCUT2D eigenvalue weighted by Gasteiger charge is -1.90. The predicted octanol–water partition coefficient (Wildman–Crippen LogP) is 0.606. The van der Waals surface area contributed by atoms with E-state index in [1.807, 2.05) is 12.3 Å². The molecule has 0 bridgehead atoms. The van der Waals surface area contributed by atoms with E-state index in [1.165, 1.54) is 0 Å². The van der Waals surface area contributed by atoms with Gasteiger partial charge in [0.05, 0.1) is 11.7 Å². The van der Waals surface area contributed by atoms with Crippen LogP contribution in [0, 0.1) is 0 Å². The maximum absolute atomic E-state index is 4.15. The molecule has 3 aromatic heterocycles. The Morgan fingerprint density at radius 3 is 3.42 bits per heavy atom. The second-order valence-corrected chi connectivity index (χ2v) is 2.55. The first kappa shape index (κ1) is 5.70. The summed E-state index contributed by atoms with van der Waals surface area (Å²) >= 11 is 0. The van der Waals surface area contributed by atoms with Gasteiger partial charge in [-0.25, -0.2) is 9.50 Å². The zero-order valence-electron chi connectivity index (χ0n) is 6.10. The highest BCUT2D eigenvalue weighted by atomic mass is 15.4. The van der Waals surface area contributed by atoms with Crippen molar-refractivity contribution in [2.75, 3.05) is 0 Å².